The van der Waals surface area contributed by atoms with Gasteiger partial charge in [0.1, 0.15) is 11.6 Å². The summed E-state index contributed by atoms with van der Waals surface area (Å²) in [5.41, 5.74) is 7.84. The first-order valence-corrected chi connectivity index (χ1v) is 15.2. The minimum Gasteiger partial charge on any atom is -1.00 e. The van der Waals surface area contributed by atoms with Crippen LogP contribution in [-0.2, 0) is 11.2 Å². The number of aliphatic imine (C=N–C) groups is 1. The van der Waals surface area contributed by atoms with Crippen LogP contribution >= 0.6 is 0 Å². The molecule has 6 rings (SSSR count). The van der Waals surface area contributed by atoms with Gasteiger partial charge >= 0.3 is 29.6 Å². The van der Waals surface area contributed by atoms with Crippen molar-refractivity contribution < 1.29 is 35.8 Å². The van der Waals surface area contributed by atoms with Crippen LogP contribution in [-0.4, -0.2) is 34.9 Å². The van der Waals surface area contributed by atoms with E-state index in [1.165, 1.54) is 75.6 Å². The Balaban J connectivity index is 0.000000555. The number of Topliss-reactive ketones (excluding diaryl/α,β-unsaturated/α-hetero) is 1. The molecule has 6 nitrogen and oxygen atoms in total. The van der Waals surface area contributed by atoms with Crippen molar-refractivity contribution in [3.63, 3.8) is 0 Å². The van der Waals surface area contributed by atoms with Crippen LogP contribution in [0.15, 0.2) is 78.2 Å². The molecule has 0 bridgehead atoms. The molecule has 0 atom stereocenters. The Labute approximate surface area is 279 Å². The number of anilines is 1. The molecule has 0 aliphatic heterocycles. The summed E-state index contributed by atoms with van der Waals surface area (Å²) >= 11 is 0. The van der Waals surface area contributed by atoms with Crippen LogP contribution in [0.3, 0.4) is 0 Å². The monoisotopic (exact) mass is 576 g/mol. The van der Waals surface area contributed by atoms with Crippen molar-refractivity contribution >= 4 is 31.5 Å². The number of nitrogens with zero attached hydrogens (tertiary/aromatic N) is 4. The number of pyridine rings is 3. The van der Waals surface area contributed by atoms with Gasteiger partial charge in [0.15, 0.2) is 5.82 Å². The van der Waals surface area contributed by atoms with Crippen LogP contribution in [0, 0.1) is 5.92 Å². The average Bonchev–Trinajstić information content (AvgIpc) is 3.01. The van der Waals surface area contributed by atoms with Crippen molar-refractivity contribution in [2.75, 3.05) is 5.73 Å². The zero-order valence-corrected chi connectivity index (χ0v) is 27.7. The molecule has 3 fully saturated rings. The van der Waals surface area contributed by atoms with E-state index in [0.29, 0.717) is 11.6 Å². The first-order valence-electron chi connectivity index (χ1n) is 15.2. The van der Waals surface area contributed by atoms with Crippen LogP contribution in [0.1, 0.15) is 103 Å². The SMILES string of the molecule is Nc1ccccn1.O=C1CCCCC1.[B].[H-].[Na+].c1ccc(CC2CCCCC2)nc1.c1ccc(N=C2CCCCC2)nc1. The predicted molar refractivity (Wildman–Crippen MR) is 173 cm³/mol. The Morgan fingerprint density at radius 2 is 1.24 bits per heavy atom. The maximum Gasteiger partial charge on any atom is 1.00 e. The number of ketones is 1. The quantitative estimate of drug-likeness (QED) is 0.431. The fraction of sp³-hybridized carbons (Fsp3) is 0.500. The molecular formula is C34H48BN5NaO. The number of hydrogen-bond acceptors (Lipinski definition) is 6. The second-order valence-corrected chi connectivity index (χ2v) is 10.8. The molecule has 3 saturated carbocycles. The molecule has 219 valence electrons. The van der Waals surface area contributed by atoms with Gasteiger partial charge < -0.3 is 7.16 Å². The zero-order chi connectivity index (χ0) is 28.1. The van der Waals surface area contributed by atoms with E-state index in [9.17, 15) is 4.79 Å². The fourth-order valence-corrected chi connectivity index (χ4v) is 5.18. The number of hydrogen-bond donors (Lipinski definition) is 1. The van der Waals surface area contributed by atoms with Gasteiger partial charge in [-0.1, -0.05) is 63.1 Å². The maximum absolute atomic E-state index is 10.5. The first-order chi connectivity index (χ1) is 19.7. The van der Waals surface area contributed by atoms with Crippen molar-refractivity contribution in [2.45, 2.75) is 103 Å². The van der Waals surface area contributed by atoms with Crippen LogP contribution < -0.4 is 35.3 Å². The maximum atomic E-state index is 10.5. The third-order valence-corrected chi connectivity index (χ3v) is 7.40. The number of aromatic nitrogens is 3. The summed E-state index contributed by atoms with van der Waals surface area (Å²) in [4.78, 5) is 27.3. The molecule has 0 saturated heterocycles. The van der Waals surface area contributed by atoms with Crippen LogP contribution in [0.5, 0.6) is 0 Å². The molecule has 0 spiro atoms. The molecule has 3 aromatic heterocycles. The van der Waals surface area contributed by atoms with Gasteiger partial charge in [0.2, 0.25) is 0 Å². The molecule has 0 unspecified atom stereocenters. The Morgan fingerprint density at radius 1 is 0.690 bits per heavy atom. The van der Waals surface area contributed by atoms with Crippen molar-refractivity contribution in [1.29, 1.82) is 0 Å². The summed E-state index contributed by atoms with van der Waals surface area (Å²) in [5, 5.41) is 0. The number of carbonyl (C=O) groups is 1. The van der Waals surface area contributed by atoms with E-state index in [-0.39, 0.29) is 39.4 Å². The van der Waals surface area contributed by atoms with Gasteiger partial charge in [0, 0.05) is 51.3 Å². The normalized spacial score (nSPS) is 16.3. The van der Waals surface area contributed by atoms with Gasteiger partial charge in [-0.2, -0.15) is 0 Å². The molecule has 0 aromatic carbocycles. The number of rotatable bonds is 3. The van der Waals surface area contributed by atoms with Crippen LogP contribution in [0.2, 0.25) is 0 Å². The molecule has 3 radical (unpaired) electrons. The van der Waals surface area contributed by atoms with E-state index < -0.39 is 0 Å². The van der Waals surface area contributed by atoms with E-state index in [4.69, 9.17) is 5.73 Å². The van der Waals surface area contributed by atoms with Gasteiger partial charge in [-0.3, -0.25) is 9.78 Å². The molecule has 2 N–H and O–H groups in total. The van der Waals surface area contributed by atoms with Gasteiger partial charge in [-0.05, 0) is 87.3 Å². The Bertz CT molecular complexity index is 1090. The van der Waals surface area contributed by atoms with E-state index in [2.05, 4.69) is 32.1 Å². The molecule has 8 heteroatoms. The van der Waals surface area contributed by atoms with Crippen molar-refractivity contribution in [3.05, 3.63) is 78.9 Å². The molecule has 3 heterocycles. The second kappa shape index (κ2) is 24.1. The van der Waals surface area contributed by atoms with Crippen LogP contribution in [0.4, 0.5) is 11.6 Å². The minimum absolute atomic E-state index is 0. The average molecular weight is 577 g/mol. The Kier molecular flexibility index (Phi) is 21.7. The predicted octanol–water partition coefficient (Wildman–Crippen LogP) is 5.24. The van der Waals surface area contributed by atoms with E-state index >= 15 is 0 Å². The summed E-state index contributed by atoms with van der Waals surface area (Å²) in [6, 6.07) is 17.5. The second-order valence-electron chi connectivity index (χ2n) is 10.8. The standard InChI is InChI=1S/C12H17N.C11H14N2.C6H10O.C5H6N2.B.Na.H/c1-2-6-11(7-3-1)10-12-8-4-5-9-13-12;1-2-6-10(7-3-1)13-11-8-4-5-9-12-11;7-6-4-2-1-3-5-6;6-5-3-1-2-4-7-5;;;/h4-5,8-9,11H,1-3,6-7,10H2;4-5,8-9H,1-3,6-7H2;1-5H2;1-4H,(H2,6,7);;;/q;;;;;+1;-1. The molecular weight excluding hydrogens is 528 g/mol. The molecule has 3 aliphatic carbocycles. The van der Waals surface area contributed by atoms with Crippen molar-refractivity contribution in [2.24, 2.45) is 10.9 Å². The summed E-state index contributed by atoms with van der Waals surface area (Å²) in [6.45, 7) is 0. The van der Waals surface area contributed by atoms with Gasteiger partial charge in [-0.15, -0.1) is 0 Å². The van der Waals surface area contributed by atoms with E-state index in [0.717, 1.165) is 50.3 Å². The van der Waals surface area contributed by atoms with E-state index in [1.54, 1.807) is 18.5 Å². The van der Waals surface area contributed by atoms with Gasteiger partial charge in [0.05, 0.1) is 0 Å². The summed E-state index contributed by atoms with van der Waals surface area (Å²) in [7, 11) is 0. The Hall–Kier alpha value is -2.35. The number of nitrogen functional groups attached to an aromatic ring is 1. The molecule has 0 amide bonds. The number of nitrogens with two attached hydrogens (primary N) is 1. The zero-order valence-electron chi connectivity index (χ0n) is 26.7. The summed E-state index contributed by atoms with van der Waals surface area (Å²) < 4.78 is 0. The summed E-state index contributed by atoms with van der Waals surface area (Å²) in [6.07, 6.45) is 25.2. The van der Waals surface area contributed by atoms with Crippen molar-refractivity contribution in [3.8, 4) is 0 Å². The number of carbonyl (C=O) groups excluding carboxylic acids is 1. The first kappa shape index (κ1) is 37.7. The topological polar surface area (TPSA) is 94.1 Å². The summed E-state index contributed by atoms with van der Waals surface area (Å²) in [5.74, 6) is 2.80. The van der Waals surface area contributed by atoms with Crippen molar-refractivity contribution in [1.82, 2.24) is 15.0 Å². The molecule has 42 heavy (non-hydrogen) atoms. The van der Waals surface area contributed by atoms with Gasteiger partial charge in [0.25, 0.3) is 0 Å². The van der Waals surface area contributed by atoms with Gasteiger partial charge in [-0.25, -0.2) is 15.0 Å². The largest absolute Gasteiger partial charge is 1.00 e. The smallest absolute Gasteiger partial charge is 1.00 e. The molecule has 3 aliphatic rings. The van der Waals surface area contributed by atoms with Crippen LogP contribution in [0.25, 0.3) is 0 Å². The third-order valence-electron chi connectivity index (χ3n) is 7.40. The Morgan fingerprint density at radius 3 is 1.69 bits per heavy atom. The third kappa shape index (κ3) is 17.6. The minimum atomic E-state index is 0. The molecule has 3 aromatic rings. The van der Waals surface area contributed by atoms with E-state index in [1.807, 2.05) is 42.6 Å². The fourth-order valence-electron chi connectivity index (χ4n) is 5.18.